The number of nitrogens with one attached hydrogen (secondary N) is 1. The molecule has 0 aliphatic carbocycles. The largest absolute Gasteiger partial charge is 0.361 e. The number of hydrogen-bond donors (Lipinski definition) is 1. The minimum Gasteiger partial charge on any atom is -0.361 e. The maximum atomic E-state index is 7.41. The van der Waals surface area contributed by atoms with E-state index >= 15 is 0 Å². The van der Waals surface area contributed by atoms with Gasteiger partial charge in [-0.25, -0.2) is 0 Å². The third kappa shape index (κ3) is 2.01. The van der Waals surface area contributed by atoms with Gasteiger partial charge in [0.15, 0.2) is 0 Å². The van der Waals surface area contributed by atoms with Crippen LogP contribution in [0.1, 0.15) is 32.6 Å². The molecular formula is C8H16N2. The summed E-state index contributed by atoms with van der Waals surface area (Å²) in [5, 5.41) is 7.41. The lowest BCUT2D eigenvalue weighted by atomic mass is 10.2. The van der Waals surface area contributed by atoms with E-state index in [9.17, 15) is 0 Å². The second-order valence-corrected chi connectivity index (χ2v) is 2.99. The van der Waals surface area contributed by atoms with Gasteiger partial charge in [0.05, 0.1) is 5.84 Å². The van der Waals surface area contributed by atoms with Crippen LogP contribution in [0.3, 0.4) is 0 Å². The summed E-state index contributed by atoms with van der Waals surface area (Å²) >= 11 is 0. The van der Waals surface area contributed by atoms with Crippen LogP contribution in [0.25, 0.3) is 0 Å². The fourth-order valence-electron chi connectivity index (χ4n) is 1.41. The van der Waals surface area contributed by atoms with Gasteiger partial charge in [0, 0.05) is 13.1 Å². The second kappa shape index (κ2) is 3.59. The van der Waals surface area contributed by atoms with E-state index in [1.165, 1.54) is 25.7 Å². The van der Waals surface area contributed by atoms with Gasteiger partial charge in [-0.15, -0.1) is 0 Å². The van der Waals surface area contributed by atoms with Gasteiger partial charge in [0.1, 0.15) is 0 Å². The lowest BCUT2D eigenvalue weighted by Gasteiger charge is -2.19. The summed E-state index contributed by atoms with van der Waals surface area (Å²) in [7, 11) is 0. The first-order valence-electron chi connectivity index (χ1n) is 4.11. The summed E-state index contributed by atoms with van der Waals surface area (Å²) in [6.45, 7) is 4.09. The molecule has 0 unspecified atom stereocenters. The van der Waals surface area contributed by atoms with E-state index in [0.717, 1.165) is 18.9 Å². The highest BCUT2D eigenvalue weighted by Gasteiger charge is 2.07. The first-order chi connectivity index (χ1) is 4.80. The third-order valence-corrected chi connectivity index (χ3v) is 2.08. The number of nitrogens with zero attached hydrogens (tertiary/aromatic N) is 1. The Morgan fingerprint density at radius 1 is 1.10 bits per heavy atom. The quantitative estimate of drug-likeness (QED) is 0.403. The summed E-state index contributed by atoms with van der Waals surface area (Å²) in [6.07, 6.45) is 5.25. The molecule has 0 bridgehead atoms. The molecule has 1 saturated heterocycles. The Morgan fingerprint density at radius 3 is 2.00 bits per heavy atom. The predicted molar refractivity (Wildman–Crippen MR) is 43.4 cm³/mol. The highest BCUT2D eigenvalue weighted by Crippen LogP contribution is 2.09. The van der Waals surface area contributed by atoms with Gasteiger partial charge in [0.25, 0.3) is 0 Å². The van der Waals surface area contributed by atoms with Crippen molar-refractivity contribution in [2.75, 3.05) is 13.1 Å². The smallest absolute Gasteiger partial charge is 0.0925 e. The van der Waals surface area contributed by atoms with Crippen LogP contribution in [0.5, 0.6) is 0 Å². The van der Waals surface area contributed by atoms with Crippen LogP contribution in [0.4, 0.5) is 0 Å². The first kappa shape index (κ1) is 7.58. The maximum Gasteiger partial charge on any atom is 0.0925 e. The van der Waals surface area contributed by atoms with Crippen molar-refractivity contribution in [3.05, 3.63) is 0 Å². The van der Waals surface area contributed by atoms with Gasteiger partial charge in [-0.05, 0) is 19.8 Å². The van der Waals surface area contributed by atoms with Gasteiger partial charge < -0.3 is 4.90 Å². The number of amidine groups is 1. The number of rotatable bonds is 0. The monoisotopic (exact) mass is 140 g/mol. The van der Waals surface area contributed by atoms with E-state index in [-0.39, 0.29) is 0 Å². The summed E-state index contributed by atoms with van der Waals surface area (Å²) in [5.74, 6) is 0.738. The average molecular weight is 140 g/mol. The van der Waals surface area contributed by atoms with Crippen molar-refractivity contribution in [3.8, 4) is 0 Å². The Morgan fingerprint density at radius 2 is 1.60 bits per heavy atom. The van der Waals surface area contributed by atoms with E-state index in [1.54, 1.807) is 0 Å². The van der Waals surface area contributed by atoms with E-state index in [4.69, 9.17) is 5.41 Å². The standard InChI is InChI=1S/C8H16N2/c1-8(9)10-6-4-2-3-5-7-10/h9H,2-7H2,1H3. The van der Waals surface area contributed by atoms with Crippen LogP contribution in [0.15, 0.2) is 0 Å². The molecule has 58 valence electrons. The molecule has 1 aliphatic rings. The van der Waals surface area contributed by atoms with Crippen LogP contribution in [-0.4, -0.2) is 23.8 Å². The highest BCUT2D eigenvalue weighted by molar-refractivity contribution is 5.76. The maximum absolute atomic E-state index is 7.41. The van der Waals surface area contributed by atoms with Crippen molar-refractivity contribution < 1.29 is 0 Å². The van der Waals surface area contributed by atoms with Crippen molar-refractivity contribution in [2.45, 2.75) is 32.6 Å². The third-order valence-electron chi connectivity index (χ3n) is 2.08. The Hall–Kier alpha value is -0.530. The molecule has 0 radical (unpaired) electrons. The molecule has 1 heterocycles. The zero-order chi connectivity index (χ0) is 7.40. The van der Waals surface area contributed by atoms with Crippen molar-refractivity contribution in [3.63, 3.8) is 0 Å². The predicted octanol–water partition coefficient (Wildman–Crippen LogP) is 1.86. The Bertz CT molecular complexity index is 112. The minimum absolute atomic E-state index is 0.738. The minimum atomic E-state index is 0.738. The topological polar surface area (TPSA) is 27.1 Å². The molecule has 2 nitrogen and oxygen atoms in total. The van der Waals surface area contributed by atoms with Crippen molar-refractivity contribution >= 4 is 5.84 Å². The number of hydrogen-bond acceptors (Lipinski definition) is 1. The Labute approximate surface area is 62.7 Å². The average Bonchev–Trinajstić information content (AvgIpc) is 2.12. The molecule has 10 heavy (non-hydrogen) atoms. The van der Waals surface area contributed by atoms with Crippen LogP contribution in [0.2, 0.25) is 0 Å². The Balaban J connectivity index is 2.35. The first-order valence-corrected chi connectivity index (χ1v) is 4.11. The molecule has 0 aromatic rings. The summed E-state index contributed by atoms with van der Waals surface area (Å²) in [4.78, 5) is 2.17. The molecule has 1 fully saturated rings. The van der Waals surface area contributed by atoms with Gasteiger partial charge in [0.2, 0.25) is 0 Å². The molecule has 1 rings (SSSR count). The molecule has 0 amide bonds. The zero-order valence-electron chi connectivity index (χ0n) is 6.69. The van der Waals surface area contributed by atoms with Gasteiger partial charge in [-0.3, -0.25) is 5.41 Å². The van der Waals surface area contributed by atoms with Crippen LogP contribution >= 0.6 is 0 Å². The summed E-state index contributed by atoms with van der Waals surface area (Å²) < 4.78 is 0. The SMILES string of the molecule is CC(=N)N1CCCCCC1. The fraction of sp³-hybridized carbons (Fsp3) is 0.875. The summed E-state index contributed by atoms with van der Waals surface area (Å²) in [5.41, 5.74) is 0. The second-order valence-electron chi connectivity index (χ2n) is 2.99. The molecule has 0 atom stereocenters. The molecule has 0 spiro atoms. The van der Waals surface area contributed by atoms with E-state index < -0.39 is 0 Å². The van der Waals surface area contributed by atoms with E-state index in [1.807, 2.05) is 6.92 Å². The van der Waals surface area contributed by atoms with Crippen molar-refractivity contribution in [1.29, 1.82) is 5.41 Å². The normalized spacial score (nSPS) is 20.3. The molecular weight excluding hydrogens is 124 g/mol. The highest BCUT2D eigenvalue weighted by atomic mass is 15.2. The fourth-order valence-corrected chi connectivity index (χ4v) is 1.41. The van der Waals surface area contributed by atoms with E-state index in [2.05, 4.69) is 4.90 Å². The molecule has 0 aromatic carbocycles. The van der Waals surface area contributed by atoms with Gasteiger partial charge in [-0.1, -0.05) is 12.8 Å². The Kier molecular flexibility index (Phi) is 2.72. The van der Waals surface area contributed by atoms with E-state index in [0.29, 0.717) is 0 Å². The number of likely N-dealkylation sites (tertiary alicyclic amines) is 1. The molecule has 1 aliphatic heterocycles. The lowest BCUT2D eigenvalue weighted by Crippen LogP contribution is -2.28. The van der Waals surface area contributed by atoms with Crippen molar-refractivity contribution in [2.24, 2.45) is 0 Å². The van der Waals surface area contributed by atoms with Gasteiger partial charge in [-0.2, -0.15) is 0 Å². The summed E-state index contributed by atoms with van der Waals surface area (Å²) in [6, 6.07) is 0. The van der Waals surface area contributed by atoms with Gasteiger partial charge >= 0.3 is 0 Å². The van der Waals surface area contributed by atoms with Crippen LogP contribution < -0.4 is 0 Å². The molecule has 2 heteroatoms. The molecule has 1 N–H and O–H groups in total. The lowest BCUT2D eigenvalue weighted by molar-refractivity contribution is 0.430. The zero-order valence-corrected chi connectivity index (χ0v) is 6.69. The van der Waals surface area contributed by atoms with Crippen LogP contribution in [-0.2, 0) is 0 Å². The molecule has 0 aromatic heterocycles. The van der Waals surface area contributed by atoms with Crippen LogP contribution in [0, 0.1) is 5.41 Å². The van der Waals surface area contributed by atoms with Crippen molar-refractivity contribution in [1.82, 2.24) is 4.90 Å². The molecule has 0 saturated carbocycles.